The Morgan fingerprint density at radius 3 is 2.29 bits per heavy atom. The maximum absolute atomic E-state index is 11.9. The second-order valence-corrected chi connectivity index (χ2v) is 6.34. The zero-order valence-corrected chi connectivity index (χ0v) is 15.9. The third kappa shape index (κ3) is 6.59. The molecule has 0 spiro atoms. The largest absolute Gasteiger partial charge is 0.481 e. The molecule has 0 saturated heterocycles. The molecule has 2 rings (SSSR count). The fourth-order valence-corrected chi connectivity index (χ4v) is 2.58. The van der Waals surface area contributed by atoms with E-state index in [-0.39, 0.29) is 13.0 Å². The third-order valence-electron chi connectivity index (χ3n) is 3.83. The molecule has 2 unspecified atom stereocenters. The van der Waals surface area contributed by atoms with Crippen LogP contribution in [0.2, 0.25) is 5.02 Å². The Bertz CT molecular complexity index is 809. The van der Waals surface area contributed by atoms with Crippen LogP contribution in [-0.2, 0) is 14.3 Å². The minimum Gasteiger partial charge on any atom is -0.481 e. The predicted octanol–water partition coefficient (Wildman–Crippen LogP) is 3.83. The molecule has 28 heavy (non-hydrogen) atoms. The number of carboxylic acid groups (broad SMARTS) is 1. The fraction of sp³-hybridized carbons (Fsp3) is 0.250. The van der Waals surface area contributed by atoms with Gasteiger partial charge in [-0.05, 0) is 36.2 Å². The van der Waals surface area contributed by atoms with E-state index in [9.17, 15) is 19.5 Å². The van der Waals surface area contributed by atoms with Gasteiger partial charge >= 0.3 is 18.0 Å². The molecule has 0 aliphatic carbocycles. The Morgan fingerprint density at radius 1 is 1.04 bits per heavy atom. The van der Waals surface area contributed by atoms with Gasteiger partial charge in [0.1, 0.15) is 0 Å². The molecule has 2 aromatic rings. The van der Waals surface area contributed by atoms with Gasteiger partial charge in [0.25, 0.3) is 0 Å². The zero-order valence-electron chi connectivity index (χ0n) is 15.1. The first-order chi connectivity index (χ1) is 13.4. The SMILES string of the molecule is CC(OC(=O)NCCC(C(=O)O)c1ccc(Cl)cc1)OC(=O)c1ccccc1. The van der Waals surface area contributed by atoms with Crippen LogP contribution in [0.1, 0.15) is 35.2 Å². The van der Waals surface area contributed by atoms with Gasteiger partial charge in [-0.3, -0.25) is 4.79 Å². The van der Waals surface area contributed by atoms with E-state index in [4.69, 9.17) is 21.1 Å². The summed E-state index contributed by atoms with van der Waals surface area (Å²) in [5.74, 6) is -2.43. The highest BCUT2D eigenvalue weighted by Crippen LogP contribution is 2.21. The lowest BCUT2D eigenvalue weighted by molar-refractivity contribution is -0.139. The van der Waals surface area contributed by atoms with Crippen LogP contribution >= 0.6 is 11.6 Å². The highest BCUT2D eigenvalue weighted by atomic mass is 35.5. The summed E-state index contributed by atoms with van der Waals surface area (Å²) in [6.45, 7) is 1.48. The molecule has 148 valence electrons. The van der Waals surface area contributed by atoms with Crippen LogP contribution in [0, 0.1) is 0 Å². The number of carbonyl (C=O) groups excluding carboxylic acids is 2. The molecule has 0 heterocycles. The van der Waals surface area contributed by atoms with Gasteiger partial charge in [-0.1, -0.05) is 41.9 Å². The van der Waals surface area contributed by atoms with E-state index in [1.54, 1.807) is 54.6 Å². The highest BCUT2D eigenvalue weighted by molar-refractivity contribution is 6.30. The molecule has 8 heteroatoms. The maximum atomic E-state index is 11.9. The molecule has 2 atom stereocenters. The molecule has 0 saturated carbocycles. The van der Waals surface area contributed by atoms with E-state index in [1.807, 2.05) is 0 Å². The number of halogens is 1. The summed E-state index contributed by atoms with van der Waals surface area (Å²) >= 11 is 5.81. The average molecular weight is 406 g/mol. The minimum absolute atomic E-state index is 0.0672. The lowest BCUT2D eigenvalue weighted by atomic mass is 9.96. The van der Waals surface area contributed by atoms with Crippen molar-refractivity contribution in [2.75, 3.05) is 6.54 Å². The van der Waals surface area contributed by atoms with Gasteiger partial charge in [0.15, 0.2) is 0 Å². The van der Waals surface area contributed by atoms with Crippen molar-refractivity contribution in [3.63, 3.8) is 0 Å². The van der Waals surface area contributed by atoms with E-state index < -0.39 is 30.2 Å². The molecule has 1 amide bonds. The summed E-state index contributed by atoms with van der Waals surface area (Å²) in [7, 11) is 0. The van der Waals surface area contributed by atoms with Gasteiger partial charge in [-0.2, -0.15) is 0 Å². The second-order valence-electron chi connectivity index (χ2n) is 5.90. The summed E-state index contributed by atoms with van der Waals surface area (Å²) in [5, 5.41) is 12.3. The van der Waals surface area contributed by atoms with Crippen molar-refractivity contribution >= 4 is 29.6 Å². The third-order valence-corrected chi connectivity index (χ3v) is 4.08. The topological polar surface area (TPSA) is 102 Å². The second kappa shape index (κ2) is 10.3. The predicted molar refractivity (Wildman–Crippen MR) is 102 cm³/mol. The average Bonchev–Trinajstić information content (AvgIpc) is 2.66. The number of aliphatic carboxylic acids is 1. The van der Waals surface area contributed by atoms with Crippen molar-refractivity contribution in [2.24, 2.45) is 0 Å². The molecule has 2 N–H and O–H groups in total. The number of ether oxygens (including phenoxy) is 2. The molecule has 0 radical (unpaired) electrons. The Hall–Kier alpha value is -3.06. The van der Waals surface area contributed by atoms with Crippen LogP contribution in [0.15, 0.2) is 54.6 Å². The number of carbonyl (C=O) groups is 3. The number of hydrogen-bond acceptors (Lipinski definition) is 5. The number of benzene rings is 2. The number of hydrogen-bond donors (Lipinski definition) is 2. The summed E-state index contributed by atoms with van der Waals surface area (Å²) in [6.07, 6.45) is -1.75. The van der Waals surface area contributed by atoms with Crippen molar-refractivity contribution in [2.45, 2.75) is 25.6 Å². The standard InChI is InChI=1S/C20H20ClNO6/c1-13(27-19(25)15-5-3-2-4-6-15)28-20(26)22-12-11-17(18(23)24)14-7-9-16(21)10-8-14/h2-10,13,17H,11-12H2,1H3,(H,22,26)(H,23,24). The summed E-state index contributed by atoms with van der Waals surface area (Å²) in [5.41, 5.74) is 0.919. The summed E-state index contributed by atoms with van der Waals surface area (Å²) < 4.78 is 9.97. The number of amides is 1. The van der Waals surface area contributed by atoms with Gasteiger partial charge in [0.2, 0.25) is 6.29 Å². The molecular formula is C20H20ClNO6. The zero-order chi connectivity index (χ0) is 20.5. The van der Waals surface area contributed by atoms with Crippen LogP contribution in [0.4, 0.5) is 4.79 Å². The van der Waals surface area contributed by atoms with Crippen LogP contribution in [0.25, 0.3) is 0 Å². The molecule has 0 aromatic heterocycles. The molecule has 7 nitrogen and oxygen atoms in total. The number of rotatable bonds is 8. The van der Waals surface area contributed by atoms with Gasteiger partial charge in [0.05, 0.1) is 11.5 Å². The molecule has 0 bridgehead atoms. The van der Waals surface area contributed by atoms with E-state index in [1.165, 1.54) is 6.92 Å². The van der Waals surface area contributed by atoms with Gasteiger partial charge in [0, 0.05) is 18.5 Å². The normalized spacial score (nSPS) is 12.5. The van der Waals surface area contributed by atoms with Gasteiger partial charge in [-0.15, -0.1) is 0 Å². The molecule has 0 fully saturated rings. The molecule has 2 aromatic carbocycles. The molecule has 0 aliphatic heterocycles. The molecular weight excluding hydrogens is 386 g/mol. The number of nitrogens with one attached hydrogen (secondary N) is 1. The van der Waals surface area contributed by atoms with Crippen LogP contribution in [0.5, 0.6) is 0 Å². The maximum Gasteiger partial charge on any atom is 0.410 e. The van der Waals surface area contributed by atoms with E-state index in [0.29, 0.717) is 16.1 Å². The summed E-state index contributed by atoms with van der Waals surface area (Å²) in [4.78, 5) is 35.2. The van der Waals surface area contributed by atoms with Crippen molar-refractivity contribution in [1.29, 1.82) is 0 Å². The van der Waals surface area contributed by atoms with Gasteiger partial charge in [-0.25, -0.2) is 9.59 Å². The van der Waals surface area contributed by atoms with Crippen molar-refractivity contribution in [1.82, 2.24) is 5.32 Å². The lowest BCUT2D eigenvalue weighted by Crippen LogP contribution is -2.32. The minimum atomic E-state index is -1.10. The van der Waals surface area contributed by atoms with Crippen LogP contribution in [-0.4, -0.2) is 36.0 Å². The van der Waals surface area contributed by atoms with E-state index in [0.717, 1.165) is 0 Å². The number of esters is 1. The van der Waals surface area contributed by atoms with Crippen molar-refractivity contribution < 1.29 is 29.0 Å². The Balaban J connectivity index is 1.78. The first-order valence-corrected chi connectivity index (χ1v) is 8.93. The number of carboxylic acids is 1. The van der Waals surface area contributed by atoms with Crippen molar-refractivity contribution in [3.05, 3.63) is 70.7 Å². The van der Waals surface area contributed by atoms with Crippen LogP contribution in [0.3, 0.4) is 0 Å². The van der Waals surface area contributed by atoms with E-state index in [2.05, 4.69) is 5.32 Å². The quantitative estimate of drug-likeness (QED) is 0.511. The summed E-state index contributed by atoms with van der Waals surface area (Å²) in [6, 6.07) is 14.8. The van der Waals surface area contributed by atoms with Crippen molar-refractivity contribution in [3.8, 4) is 0 Å². The Morgan fingerprint density at radius 2 is 1.68 bits per heavy atom. The highest BCUT2D eigenvalue weighted by Gasteiger charge is 2.20. The van der Waals surface area contributed by atoms with E-state index >= 15 is 0 Å². The Kier molecular flexibility index (Phi) is 7.83. The number of alkyl carbamates (subject to hydrolysis) is 1. The lowest BCUT2D eigenvalue weighted by Gasteiger charge is -2.16. The monoisotopic (exact) mass is 405 g/mol. The smallest absolute Gasteiger partial charge is 0.410 e. The fourth-order valence-electron chi connectivity index (χ4n) is 2.46. The first-order valence-electron chi connectivity index (χ1n) is 8.55. The van der Waals surface area contributed by atoms with Gasteiger partial charge < -0.3 is 19.9 Å². The Labute approximate surface area is 167 Å². The first kappa shape index (κ1) is 21.2. The molecule has 0 aliphatic rings. The van der Waals surface area contributed by atoms with Crippen LogP contribution < -0.4 is 5.32 Å².